The van der Waals surface area contributed by atoms with Crippen molar-refractivity contribution in [3.8, 4) is 5.75 Å². The van der Waals surface area contributed by atoms with E-state index in [1.165, 1.54) is 12.1 Å². The van der Waals surface area contributed by atoms with Gasteiger partial charge in [-0.25, -0.2) is 9.37 Å². The fraction of sp³-hybridized carbons (Fsp3) is 0.286. The van der Waals surface area contributed by atoms with Gasteiger partial charge < -0.3 is 19.7 Å². The van der Waals surface area contributed by atoms with Gasteiger partial charge in [0.1, 0.15) is 30.1 Å². The van der Waals surface area contributed by atoms with E-state index in [1.54, 1.807) is 18.3 Å². The Morgan fingerprint density at radius 3 is 2.79 bits per heavy atom. The van der Waals surface area contributed by atoms with Crippen molar-refractivity contribution in [3.05, 3.63) is 82.6 Å². The van der Waals surface area contributed by atoms with Crippen molar-refractivity contribution in [2.24, 2.45) is 7.05 Å². The van der Waals surface area contributed by atoms with E-state index in [2.05, 4.69) is 10.3 Å². The fourth-order valence-corrected chi connectivity index (χ4v) is 3.21. The summed E-state index contributed by atoms with van der Waals surface area (Å²) in [5.74, 6) is 0.925. The SMILES string of the molecule is Cc1ccc(OCC(O)CNC(c2cccc(F)c2)c2nccn2C)c(Cl)c1. The smallest absolute Gasteiger partial charge is 0.138 e. The summed E-state index contributed by atoms with van der Waals surface area (Å²) in [6, 6.07) is 11.4. The van der Waals surface area contributed by atoms with E-state index in [9.17, 15) is 9.50 Å². The van der Waals surface area contributed by atoms with E-state index in [1.807, 2.05) is 42.9 Å². The molecule has 3 rings (SSSR count). The normalized spacial score (nSPS) is 13.3. The Labute approximate surface area is 168 Å². The highest BCUT2D eigenvalue weighted by Gasteiger charge is 2.20. The standard InChI is InChI=1S/C21H23ClFN3O2/c1-14-6-7-19(18(22)10-14)28-13-17(27)12-25-20(21-24-8-9-26(21)2)15-4-3-5-16(23)11-15/h3-11,17,20,25,27H,12-13H2,1-2H3. The van der Waals surface area contributed by atoms with Gasteiger partial charge >= 0.3 is 0 Å². The van der Waals surface area contributed by atoms with Crippen molar-refractivity contribution in [3.63, 3.8) is 0 Å². The van der Waals surface area contributed by atoms with E-state index in [4.69, 9.17) is 16.3 Å². The number of nitrogens with zero attached hydrogens (tertiary/aromatic N) is 2. The molecule has 0 aliphatic carbocycles. The molecule has 0 fully saturated rings. The molecule has 0 aliphatic rings. The molecule has 2 unspecified atom stereocenters. The second kappa shape index (κ2) is 9.19. The molecule has 0 saturated heterocycles. The number of aliphatic hydroxyl groups is 1. The van der Waals surface area contributed by atoms with Gasteiger partial charge in [0.15, 0.2) is 0 Å². The lowest BCUT2D eigenvalue weighted by Gasteiger charge is -2.21. The molecule has 148 valence electrons. The third kappa shape index (κ3) is 5.10. The third-order valence-electron chi connectivity index (χ3n) is 4.37. The Hall–Kier alpha value is -2.41. The zero-order valence-corrected chi connectivity index (χ0v) is 16.5. The molecule has 1 heterocycles. The predicted molar refractivity (Wildman–Crippen MR) is 107 cm³/mol. The molecule has 2 N–H and O–H groups in total. The summed E-state index contributed by atoms with van der Waals surface area (Å²) in [4.78, 5) is 4.36. The number of hydrogen-bond acceptors (Lipinski definition) is 4. The van der Waals surface area contributed by atoms with Gasteiger partial charge in [0.2, 0.25) is 0 Å². The van der Waals surface area contributed by atoms with Crippen LogP contribution in [0.25, 0.3) is 0 Å². The first kappa shape index (κ1) is 20.3. The lowest BCUT2D eigenvalue weighted by atomic mass is 10.1. The first-order chi connectivity index (χ1) is 13.4. The molecule has 3 aromatic rings. The van der Waals surface area contributed by atoms with Crippen LogP contribution in [-0.2, 0) is 7.05 Å². The highest BCUT2D eigenvalue weighted by atomic mass is 35.5. The molecular formula is C21H23ClFN3O2. The van der Waals surface area contributed by atoms with Crippen LogP contribution >= 0.6 is 11.6 Å². The molecular weight excluding hydrogens is 381 g/mol. The van der Waals surface area contributed by atoms with E-state index in [-0.39, 0.29) is 25.0 Å². The summed E-state index contributed by atoms with van der Waals surface area (Å²) in [6.45, 7) is 2.25. The maximum Gasteiger partial charge on any atom is 0.138 e. The fourth-order valence-electron chi connectivity index (χ4n) is 2.92. The molecule has 7 heteroatoms. The lowest BCUT2D eigenvalue weighted by Crippen LogP contribution is -2.35. The quantitative estimate of drug-likeness (QED) is 0.603. The number of hydrogen-bond donors (Lipinski definition) is 2. The van der Waals surface area contributed by atoms with Gasteiger partial charge in [-0.2, -0.15) is 0 Å². The van der Waals surface area contributed by atoms with E-state index >= 15 is 0 Å². The van der Waals surface area contributed by atoms with Gasteiger partial charge in [0.25, 0.3) is 0 Å². The van der Waals surface area contributed by atoms with Crippen molar-refractivity contribution in [1.29, 1.82) is 0 Å². The summed E-state index contributed by atoms with van der Waals surface area (Å²) in [5.41, 5.74) is 1.76. The molecule has 0 bridgehead atoms. The molecule has 0 aliphatic heterocycles. The zero-order valence-electron chi connectivity index (χ0n) is 15.8. The maximum atomic E-state index is 13.7. The predicted octanol–water partition coefficient (Wildman–Crippen LogP) is 3.64. The molecule has 0 spiro atoms. The van der Waals surface area contributed by atoms with E-state index in [0.29, 0.717) is 10.8 Å². The molecule has 2 aromatic carbocycles. The minimum absolute atomic E-state index is 0.0756. The molecule has 1 aromatic heterocycles. The van der Waals surface area contributed by atoms with E-state index < -0.39 is 6.10 Å². The highest BCUT2D eigenvalue weighted by molar-refractivity contribution is 6.32. The molecule has 0 saturated carbocycles. The van der Waals surface area contributed by atoms with Crippen molar-refractivity contribution in [2.75, 3.05) is 13.2 Å². The zero-order chi connectivity index (χ0) is 20.1. The minimum atomic E-state index is -0.784. The van der Waals surface area contributed by atoms with Gasteiger partial charge in [-0.3, -0.25) is 0 Å². The maximum absolute atomic E-state index is 13.7. The van der Waals surface area contributed by atoms with E-state index in [0.717, 1.165) is 17.0 Å². The largest absolute Gasteiger partial charge is 0.489 e. The third-order valence-corrected chi connectivity index (χ3v) is 4.67. The van der Waals surface area contributed by atoms with Crippen LogP contribution < -0.4 is 10.1 Å². The number of benzene rings is 2. The molecule has 5 nitrogen and oxygen atoms in total. The van der Waals surface area contributed by atoms with Crippen LogP contribution in [0.15, 0.2) is 54.9 Å². The monoisotopic (exact) mass is 403 g/mol. The number of aliphatic hydroxyl groups excluding tert-OH is 1. The average molecular weight is 404 g/mol. The first-order valence-electron chi connectivity index (χ1n) is 8.97. The molecule has 0 amide bonds. The number of imidazole rings is 1. The number of ether oxygens (including phenoxy) is 1. The Bertz CT molecular complexity index is 932. The lowest BCUT2D eigenvalue weighted by molar-refractivity contribution is 0.104. The van der Waals surface area contributed by atoms with Crippen LogP contribution in [0, 0.1) is 12.7 Å². The molecule has 0 radical (unpaired) electrons. The van der Waals surface area contributed by atoms with Crippen molar-refractivity contribution >= 4 is 11.6 Å². The van der Waals surface area contributed by atoms with Gasteiger partial charge in [0, 0.05) is 26.0 Å². The second-order valence-corrected chi connectivity index (χ2v) is 7.10. The van der Waals surface area contributed by atoms with Crippen LogP contribution in [-0.4, -0.2) is 33.9 Å². The Balaban J connectivity index is 1.65. The minimum Gasteiger partial charge on any atom is -0.489 e. The summed E-state index contributed by atoms with van der Waals surface area (Å²) in [7, 11) is 1.87. The molecule has 2 atom stereocenters. The van der Waals surface area contributed by atoms with Crippen molar-refractivity contribution < 1.29 is 14.2 Å². The van der Waals surface area contributed by atoms with Crippen molar-refractivity contribution in [1.82, 2.24) is 14.9 Å². The summed E-state index contributed by atoms with van der Waals surface area (Å²) in [6.07, 6.45) is 2.72. The number of rotatable bonds is 8. The van der Waals surface area contributed by atoms with Crippen LogP contribution in [0.2, 0.25) is 5.02 Å². The topological polar surface area (TPSA) is 59.3 Å². The Morgan fingerprint density at radius 2 is 2.11 bits per heavy atom. The Kier molecular flexibility index (Phi) is 6.67. The average Bonchev–Trinajstić information content (AvgIpc) is 3.07. The Morgan fingerprint density at radius 1 is 1.29 bits per heavy atom. The summed E-state index contributed by atoms with van der Waals surface area (Å²) < 4.78 is 21.2. The number of aryl methyl sites for hydroxylation is 2. The summed E-state index contributed by atoms with van der Waals surface area (Å²) >= 11 is 6.15. The van der Waals surface area contributed by atoms with Gasteiger partial charge in [-0.05, 0) is 42.3 Å². The highest BCUT2D eigenvalue weighted by Crippen LogP contribution is 2.25. The van der Waals surface area contributed by atoms with Crippen LogP contribution in [0.4, 0.5) is 4.39 Å². The van der Waals surface area contributed by atoms with Crippen LogP contribution in [0.3, 0.4) is 0 Å². The van der Waals surface area contributed by atoms with Gasteiger partial charge in [-0.1, -0.05) is 29.8 Å². The second-order valence-electron chi connectivity index (χ2n) is 6.69. The van der Waals surface area contributed by atoms with Crippen molar-refractivity contribution in [2.45, 2.75) is 19.1 Å². The molecule has 28 heavy (non-hydrogen) atoms. The van der Waals surface area contributed by atoms with Crippen LogP contribution in [0.1, 0.15) is 23.0 Å². The summed E-state index contributed by atoms with van der Waals surface area (Å²) in [5, 5.41) is 14.1. The first-order valence-corrected chi connectivity index (χ1v) is 9.35. The van der Waals surface area contributed by atoms with Gasteiger partial charge in [0.05, 0.1) is 11.1 Å². The number of aromatic nitrogens is 2. The van der Waals surface area contributed by atoms with Gasteiger partial charge in [-0.15, -0.1) is 0 Å². The number of nitrogens with one attached hydrogen (secondary N) is 1. The number of halogens is 2. The van der Waals surface area contributed by atoms with Crippen LogP contribution in [0.5, 0.6) is 5.75 Å².